The highest BCUT2D eigenvalue weighted by Crippen LogP contribution is 2.37. The number of nitrogens with zero attached hydrogens (tertiary/aromatic N) is 2. The van der Waals surface area contributed by atoms with Gasteiger partial charge in [0.1, 0.15) is 5.01 Å². The Morgan fingerprint density at radius 3 is 2.42 bits per heavy atom. The summed E-state index contributed by atoms with van der Waals surface area (Å²) < 4.78 is 13.4. The molecule has 0 N–H and O–H groups in total. The fourth-order valence-corrected chi connectivity index (χ4v) is 3.59. The first-order valence-corrected chi connectivity index (χ1v) is 8.85. The number of pyridine rings is 1. The summed E-state index contributed by atoms with van der Waals surface area (Å²) in [4.78, 5) is 9.11. The molecular formula is C18H19BN2O2S. The van der Waals surface area contributed by atoms with Gasteiger partial charge < -0.3 is 9.31 Å². The van der Waals surface area contributed by atoms with Crippen molar-refractivity contribution in [2.24, 2.45) is 0 Å². The predicted molar refractivity (Wildman–Crippen MR) is 98.6 cm³/mol. The molecule has 6 heteroatoms. The maximum absolute atomic E-state index is 6.13. The van der Waals surface area contributed by atoms with Crippen LogP contribution >= 0.6 is 11.3 Å². The topological polar surface area (TPSA) is 44.2 Å². The van der Waals surface area contributed by atoms with Crippen molar-refractivity contribution in [3.8, 4) is 10.7 Å². The van der Waals surface area contributed by atoms with Gasteiger partial charge in [0, 0.05) is 6.20 Å². The summed E-state index contributed by atoms with van der Waals surface area (Å²) in [5, 5.41) is 0.927. The van der Waals surface area contributed by atoms with Crippen molar-refractivity contribution in [2.75, 3.05) is 0 Å². The van der Waals surface area contributed by atoms with Crippen LogP contribution in [-0.4, -0.2) is 28.3 Å². The molecule has 1 aromatic carbocycles. The van der Waals surface area contributed by atoms with Gasteiger partial charge in [-0.05, 0) is 57.4 Å². The lowest BCUT2D eigenvalue weighted by molar-refractivity contribution is 0.00578. The third-order valence-electron chi connectivity index (χ3n) is 4.82. The second-order valence-corrected chi connectivity index (χ2v) is 8.08. The Labute approximate surface area is 146 Å². The summed E-state index contributed by atoms with van der Waals surface area (Å²) >= 11 is 1.65. The molecule has 0 unspecified atom stereocenters. The van der Waals surface area contributed by atoms with Crippen LogP contribution in [0.15, 0.2) is 42.6 Å². The van der Waals surface area contributed by atoms with E-state index in [-0.39, 0.29) is 18.3 Å². The average molecular weight is 338 g/mol. The first-order valence-electron chi connectivity index (χ1n) is 8.03. The molecule has 4 nitrogen and oxygen atoms in total. The maximum Gasteiger partial charge on any atom is 0.494 e. The largest absolute Gasteiger partial charge is 0.494 e. The molecule has 0 bridgehead atoms. The van der Waals surface area contributed by atoms with Crippen LogP contribution in [0.25, 0.3) is 20.9 Å². The van der Waals surface area contributed by atoms with E-state index in [4.69, 9.17) is 14.3 Å². The van der Waals surface area contributed by atoms with Crippen molar-refractivity contribution in [2.45, 2.75) is 38.9 Å². The van der Waals surface area contributed by atoms with E-state index in [1.165, 1.54) is 0 Å². The van der Waals surface area contributed by atoms with Crippen LogP contribution in [0, 0.1) is 0 Å². The fourth-order valence-electron chi connectivity index (χ4n) is 2.67. The molecule has 122 valence electrons. The number of benzene rings is 1. The lowest BCUT2D eigenvalue weighted by Crippen LogP contribution is -2.41. The van der Waals surface area contributed by atoms with Gasteiger partial charge in [0.05, 0.1) is 27.1 Å². The van der Waals surface area contributed by atoms with Crippen LogP contribution in [-0.2, 0) is 9.31 Å². The van der Waals surface area contributed by atoms with E-state index in [0.29, 0.717) is 0 Å². The molecule has 1 fully saturated rings. The first kappa shape index (κ1) is 15.8. The van der Waals surface area contributed by atoms with E-state index < -0.39 is 0 Å². The van der Waals surface area contributed by atoms with Gasteiger partial charge in [-0.1, -0.05) is 12.1 Å². The van der Waals surface area contributed by atoms with Crippen molar-refractivity contribution in [1.29, 1.82) is 0 Å². The van der Waals surface area contributed by atoms with Crippen LogP contribution < -0.4 is 5.46 Å². The zero-order valence-electron chi connectivity index (χ0n) is 14.2. The highest BCUT2D eigenvalue weighted by Gasteiger charge is 2.51. The van der Waals surface area contributed by atoms with Gasteiger partial charge in [0.2, 0.25) is 0 Å². The number of thiazole rings is 1. The number of fused-ring (bicyclic) bond motifs is 1. The highest BCUT2D eigenvalue weighted by molar-refractivity contribution is 7.21. The summed E-state index contributed by atoms with van der Waals surface area (Å²) in [6, 6.07) is 12.1. The van der Waals surface area contributed by atoms with E-state index in [9.17, 15) is 0 Å². The van der Waals surface area contributed by atoms with Crippen molar-refractivity contribution >= 4 is 34.1 Å². The van der Waals surface area contributed by atoms with Gasteiger partial charge in [-0.25, -0.2) is 4.98 Å². The molecule has 0 spiro atoms. The van der Waals surface area contributed by atoms with Gasteiger partial charge in [-0.2, -0.15) is 0 Å². The third-order valence-corrected chi connectivity index (χ3v) is 5.88. The minimum atomic E-state index is -0.362. The Hall–Kier alpha value is -1.76. The van der Waals surface area contributed by atoms with Crippen LogP contribution in [0.3, 0.4) is 0 Å². The molecule has 0 amide bonds. The second-order valence-electron chi connectivity index (χ2n) is 7.05. The Bertz CT molecular complexity index is 876. The average Bonchev–Trinajstić information content (AvgIpc) is 3.06. The van der Waals surface area contributed by atoms with E-state index in [1.54, 1.807) is 17.5 Å². The van der Waals surface area contributed by atoms with Crippen LogP contribution in [0.2, 0.25) is 0 Å². The molecule has 2 aromatic heterocycles. The normalized spacial score (nSPS) is 19.1. The van der Waals surface area contributed by atoms with Gasteiger partial charge in [-0.3, -0.25) is 4.98 Å². The third kappa shape index (κ3) is 2.55. The van der Waals surface area contributed by atoms with Crippen molar-refractivity contribution in [3.05, 3.63) is 42.6 Å². The quantitative estimate of drug-likeness (QED) is 0.669. The Balaban J connectivity index is 1.70. The SMILES string of the molecule is CC1(C)OB(c2ccc3sc(-c4ccccn4)nc3c2)OC1(C)C. The fraction of sp³-hybridized carbons (Fsp3) is 0.333. The van der Waals surface area contributed by atoms with Gasteiger partial charge in [0.15, 0.2) is 0 Å². The summed E-state index contributed by atoms with van der Waals surface area (Å²) in [5.41, 5.74) is 2.17. The van der Waals surface area contributed by atoms with E-state index in [1.807, 2.05) is 18.2 Å². The molecule has 24 heavy (non-hydrogen) atoms. The van der Waals surface area contributed by atoms with Crippen LogP contribution in [0.5, 0.6) is 0 Å². The molecule has 0 saturated carbocycles. The number of hydrogen-bond donors (Lipinski definition) is 0. The lowest BCUT2D eigenvalue weighted by Gasteiger charge is -2.32. The minimum Gasteiger partial charge on any atom is -0.399 e. The summed E-state index contributed by atoms with van der Waals surface area (Å²) in [7, 11) is -0.362. The zero-order valence-corrected chi connectivity index (χ0v) is 15.1. The molecule has 0 aliphatic carbocycles. The first-order chi connectivity index (χ1) is 11.4. The monoisotopic (exact) mass is 338 g/mol. The van der Waals surface area contributed by atoms with Crippen molar-refractivity contribution in [1.82, 2.24) is 9.97 Å². The molecular weight excluding hydrogens is 319 g/mol. The van der Waals surface area contributed by atoms with Gasteiger partial charge >= 0.3 is 7.12 Å². The van der Waals surface area contributed by atoms with Crippen molar-refractivity contribution in [3.63, 3.8) is 0 Å². The molecule has 1 aliphatic heterocycles. The summed E-state index contributed by atoms with van der Waals surface area (Å²) in [6.45, 7) is 8.25. The molecule has 0 radical (unpaired) electrons. The molecule has 0 atom stereocenters. The van der Waals surface area contributed by atoms with E-state index >= 15 is 0 Å². The molecule has 4 rings (SSSR count). The predicted octanol–water partition coefficient (Wildman–Crippen LogP) is 3.66. The molecule has 3 aromatic rings. The van der Waals surface area contributed by atoms with Gasteiger partial charge in [-0.15, -0.1) is 11.3 Å². The highest BCUT2D eigenvalue weighted by atomic mass is 32.1. The summed E-state index contributed by atoms with van der Waals surface area (Å²) in [6.07, 6.45) is 1.79. The standard InChI is InChI=1S/C18H19BN2O2S/c1-17(2)18(3,4)23-19(22-17)12-8-9-15-14(11-12)21-16(24-15)13-7-5-6-10-20-13/h5-11H,1-4H3. The Morgan fingerprint density at radius 1 is 1.00 bits per heavy atom. The number of aromatic nitrogens is 2. The van der Waals surface area contributed by atoms with E-state index in [2.05, 4.69) is 50.9 Å². The maximum atomic E-state index is 6.13. The minimum absolute atomic E-state index is 0.339. The van der Waals surface area contributed by atoms with Gasteiger partial charge in [0.25, 0.3) is 0 Å². The number of rotatable bonds is 2. The Morgan fingerprint density at radius 2 is 1.75 bits per heavy atom. The molecule has 1 saturated heterocycles. The molecule has 3 heterocycles. The molecule has 1 aliphatic rings. The summed E-state index contributed by atoms with van der Waals surface area (Å²) in [5.74, 6) is 0. The zero-order chi connectivity index (χ0) is 16.9. The van der Waals surface area contributed by atoms with E-state index in [0.717, 1.165) is 26.4 Å². The number of hydrogen-bond acceptors (Lipinski definition) is 5. The second kappa shape index (κ2) is 5.38. The van der Waals surface area contributed by atoms with Crippen LogP contribution in [0.1, 0.15) is 27.7 Å². The van der Waals surface area contributed by atoms with Crippen LogP contribution in [0.4, 0.5) is 0 Å². The van der Waals surface area contributed by atoms with Crippen molar-refractivity contribution < 1.29 is 9.31 Å². The lowest BCUT2D eigenvalue weighted by atomic mass is 9.79. The Kier molecular flexibility index (Phi) is 3.53. The smallest absolute Gasteiger partial charge is 0.399 e.